The molecule has 0 fully saturated rings. The van der Waals surface area contributed by atoms with E-state index >= 15 is 0 Å². The summed E-state index contributed by atoms with van der Waals surface area (Å²) in [6.45, 7) is 5.22. The minimum atomic E-state index is 0. The van der Waals surface area contributed by atoms with Crippen molar-refractivity contribution in [1.82, 2.24) is 5.32 Å². The van der Waals surface area contributed by atoms with Gasteiger partial charge in [0.1, 0.15) is 0 Å². The molecule has 1 unspecified atom stereocenters. The molecule has 1 N–H and O–H groups in total. The van der Waals surface area contributed by atoms with Crippen LogP contribution in [0.1, 0.15) is 26.7 Å². The molecule has 0 saturated heterocycles. The van der Waals surface area contributed by atoms with Gasteiger partial charge < -0.3 is 9.80 Å². The molecule has 0 bridgehead atoms. The molecule has 0 aromatic rings. The van der Waals surface area contributed by atoms with E-state index in [9.17, 15) is 4.79 Å². The molecule has 0 spiro atoms. The second-order valence-electron chi connectivity index (χ2n) is 4.01. The summed E-state index contributed by atoms with van der Waals surface area (Å²) in [6, 6.07) is 0.0972. The Morgan fingerprint density at radius 3 is 2.14 bits per heavy atom. The summed E-state index contributed by atoms with van der Waals surface area (Å²) in [5.74, 6) is 0.161. The number of carbonyl (C=O) groups excluding carboxylic acids is 1. The molecule has 0 heterocycles. The predicted octanol–water partition coefficient (Wildman–Crippen LogP) is 0.995. The van der Waals surface area contributed by atoms with Crippen LogP contribution in [0.25, 0.3) is 0 Å². The first-order chi connectivity index (χ1) is 5.99. The Balaban J connectivity index is 0. The molecule has 14 heavy (non-hydrogen) atoms. The van der Waals surface area contributed by atoms with Gasteiger partial charge in [-0.05, 0) is 13.3 Å². The number of amides is 1. The summed E-state index contributed by atoms with van der Waals surface area (Å²) in [5.41, 5.74) is 0. The van der Waals surface area contributed by atoms with Gasteiger partial charge in [0.2, 0.25) is 0 Å². The third-order valence-electron chi connectivity index (χ3n) is 2.77. The zero-order valence-electron chi connectivity index (χ0n) is 10.1. The van der Waals surface area contributed by atoms with E-state index in [1.54, 1.807) is 7.05 Å². The van der Waals surface area contributed by atoms with Crippen molar-refractivity contribution in [2.24, 2.45) is 0 Å². The summed E-state index contributed by atoms with van der Waals surface area (Å²) in [6.07, 6.45) is 2.01. The molecule has 3 nitrogen and oxygen atoms in total. The number of rotatable bonds is 5. The van der Waals surface area contributed by atoms with E-state index in [1.807, 2.05) is 0 Å². The maximum absolute atomic E-state index is 11.6. The first kappa shape index (κ1) is 16.9. The minimum absolute atomic E-state index is 0. The van der Waals surface area contributed by atoms with E-state index in [2.05, 4.69) is 33.3 Å². The molecule has 0 rings (SSSR count). The van der Waals surface area contributed by atoms with Crippen LogP contribution in [0, 0.1) is 0 Å². The minimum Gasteiger partial charge on any atom is -0.354 e. The van der Waals surface area contributed by atoms with E-state index < -0.39 is 0 Å². The van der Waals surface area contributed by atoms with Crippen LogP contribution >= 0.6 is 0 Å². The molecule has 81 valence electrons. The summed E-state index contributed by atoms with van der Waals surface area (Å²) in [7, 11) is 5.92. The van der Waals surface area contributed by atoms with Gasteiger partial charge in [-0.2, -0.15) is 0 Å². The molecule has 4 heteroatoms. The van der Waals surface area contributed by atoms with Crippen LogP contribution in [-0.4, -0.2) is 44.1 Å². The van der Waals surface area contributed by atoms with Crippen molar-refractivity contribution in [3.05, 3.63) is 0 Å². The van der Waals surface area contributed by atoms with Crippen molar-refractivity contribution < 1.29 is 42.0 Å². The van der Waals surface area contributed by atoms with E-state index in [4.69, 9.17) is 0 Å². The van der Waals surface area contributed by atoms with Crippen molar-refractivity contribution in [2.45, 2.75) is 32.7 Å². The normalized spacial score (nSPS) is 12.9. The molecule has 0 aliphatic carbocycles. The van der Waals surface area contributed by atoms with Crippen LogP contribution in [0.5, 0.6) is 0 Å². The molecule has 0 aromatic heterocycles. The van der Waals surface area contributed by atoms with Crippen LogP contribution in [0.2, 0.25) is 0 Å². The van der Waals surface area contributed by atoms with Gasteiger partial charge in [-0.25, -0.2) is 0 Å². The Morgan fingerprint density at radius 1 is 1.36 bits per heavy atom. The van der Waals surface area contributed by atoms with Crippen LogP contribution < -0.4 is 5.32 Å². The van der Waals surface area contributed by atoms with Crippen molar-refractivity contribution >= 4 is 5.91 Å². The van der Waals surface area contributed by atoms with Gasteiger partial charge >= 0.3 is 0 Å². The number of hydrogen-bond donors (Lipinski definition) is 1. The number of quaternary nitrogens is 1. The Labute approximate surface area is 113 Å². The van der Waals surface area contributed by atoms with Crippen molar-refractivity contribution in [1.29, 1.82) is 0 Å². The van der Waals surface area contributed by atoms with Crippen molar-refractivity contribution in [3.8, 4) is 0 Å². The van der Waals surface area contributed by atoms with Crippen molar-refractivity contribution in [2.75, 3.05) is 27.7 Å². The SMILES string of the molecule is CCCC(C(=O)NC)[N+](C)(C)CC.[Y]. The third kappa shape index (κ3) is 4.85. The molecule has 0 saturated carbocycles. The van der Waals surface area contributed by atoms with Crippen LogP contribution in [0.15, 0.2) is 0 Å². The largest absolute Gasteiger partial charge is 0.354 e. The fraction of sp³-hybridized carbons (Fsp3) is 0.900. The summed E-state index contributed by atoms with van der Waals surface area (Å²) >= 11 is 0. The van der Waals surface area contributed by atoms with Gasteiger partial charge in [0.15, 0.2) is 6.04 Å². The number of hydrogen-bond acceptors (Lipinski definition) is 1. The van der Waals surface area contributed by atoms with Gasteiger partial charge in [0, 0.05) is 46.2 Å². The van der Waals surface area contributed by atoms with E-state index in [1.165, 1.54) is 0 Å². The number of nitrogens with one attached hydrogen (secondary N) is 1. The maximum atomic E-state index is 11.6. The van der Waals surface area contributed by atoms with Gasteiger partial charge in [0.05, 0.1) is 20.6 Å². The molecular weight excluding hydrogens is 253 g/mol. The average Bonchev–Trinajstić information content (AvgIpc) is 2.12. The van der Waals surface area contributed by atoms with E-state index in [0.717, 1.165) is 23.9 Å². The molecule has 0 aromatic carbocycles. The first-order valence-electron chi connectivity index (χ1n) is 5.03. The van der Waals surface area contributed by atoms with Crippen molar-refractivity contribution in [3.63, 3.8) is 0 Å². The second kappa shape index (κ2) is 7.78. The Morgan fingerprint density at radius 2 is 1.86 bits per heavy atom. The maximum Gasteiger partial charge on any atom is 0.278 e. The summed E-state index contributed by atoms with van der Waals surface area (Å²) in [4.78, 5) is 11.6. The fourth-order valence-corrected chi connectivity index (χ4v) is 1.46. The molecule has 1 radical (unpaired) electrons. The van der Waals surface area contributed by atoms with E-state index in [-0.39, 0.29) is 44.7 Å². The standard InChI is InChI=1S/C10H22N2O.Y/c1-6-8-9(10(13)11-3)12(4,5)7-2;/h9H,6-8H2,1-5H3;/p+1. The molecule has 0 aliphatic rings. The first-order valence-corrected chi connectivity index (χ1v) is 5.03. The zero-order chi connectivity index (χ0) is 10.5. The molecule has 1 atom stereocenters. The Kier molecular flexibility index (Phi) is 9.41. The molecular formula is C10H23N2OY+. The topological polar surface area (TPSA) is 29.1 Å². The fourth-order valence-electron chi connectivity index (χ4n) is 1.46. The van der Waals surface area contributed by atoms with Crippen LogP contribution in [0.3, 0.4) is 0 Å². The number of nitrogens with zero attached hydrogens (tertiary/aromatic N) is 1. The monoisotopic (exact) mass is 276 g/mol. The summed E-state index contributed by atoms with van der Waals surface area (Å²) < 4.78 is 0.771. The predicted molar refractivity (Wildman–Crippen MR) is 55.4 cm³/mol. The van der Waals surface area contributed by atoms with Crippen LogP contribution in [0.4, 0.5) is 0 Å². The van der Waals surface area contributed by atoms with Gasteiger partial charge in [0.25, 0.3) is 5.91 Å². The Hall–Kier alpha value is 0.534. The smallest absolute Gasteiger partial charge is 0.278 e. The quantitative estimate of drug-likeness (QED) is 0.746. The third-order valence-corrected chi connectivity index (χ3v) is 2.77. The molecule has 0 aliphatic heterocycles. The van der Waals surface area contributed by atoms with Gasteiger partial charge in [-0.1, -0.05) is 6.92 Å². The van der Waals surface area contributed by atoms with Gasteiger partial charge in [-0.15, -0.1) is 0 Å². The molecule has 1 amide bonds. The zero-order valence-corrected chi connectivity index (χ0v) is 13.0. The van der Waals surface area contributed by atoms with Crippen LogP contribution in [-0.2, 0) is 37.5 Å². The average molecular weight is 276 g/mol. The van der Waals surface area contributed by atoms with Gasteiger partial charge in [-0.3, -0.25) is 4.79 Å². The Bertz CT molecular complexity index is 172. The summed E-state index contributed by atoms with van der Waals surface area (Å²) in [5, 5.41) is 2.74. The second-order valence-corrected chi connectivity index (χ2v) is 4.01. The number of likely N-dealkylation sites (N-methyl/N-ethyl adjacent to an activating group) is 2. The van der Waals surface area contributed by atoms with E-state index in [0.29, 0.717) is 0 Å². The number of carbonyl (C=O) groups is 1.